The molecule has 0 fully saturated rings. The molecular formula is C14H13ClN2O3. The molecule has 2 aromatic rings. The molecular weight excluding hydrogens is 280 g/mol. The number of halogens is 1. The lowest BCUT2D eigenvalue weighted by Crippen LogP contribution is -2.02. The second-order valence-electron chi connectivity index (χ2n) is 4.08. The minimum atomic E-state index is -1.02. The third kappa shape index (κ3) is 2.95. The number of rotatable bonds is 4. The standard InChI is InChI=1S/C14H13ClN2O3/c1-20-13-5-3-9(15)7-12(13)17-11-6-8(14(18)19)2-4-10(11)16/h2-7,17H,16H2,1H3,(H,18,19). The summed E-state index contributed by atoms with van der Waals surface area (Å²) in [5, 5.41) is 12.6. The van der Waals surface area contributed by atoms with Crippen LogP contribution in [0.2, 0.25) is 5.02 Å². The number of carboxylic acid groups (broad SMARTS) is 1. The smallest absolute Gasteiger partial charge is 0.335 e. The average Bonchev–Trinajstić information content (AvgIpc) is 2.41. The molecule has 0 radical (unpaired) electrons. The monoisotopic (exact) mass is 292 g/mol. The summed E-state index contributed by atoms with van der Waals surface area (Å²) in [6.07, 6.45) is 0. The van der Waals surface area contributed by atoms with Crippen molar-refractivity contribution < 1.29 is 14.6 Å². The first kappa shape index (κ1) is 14.0. The van der Waals surface area contributed by atoms with E-state index in [9.17, 15) is 4.79 Å². The van der Waals surface area contributed by atoms with Crippen LogP contribution in [-0.4, -0.2) is 18.2 Å². The number of hydrogen-bond acceptors (Lipinski definition) is 4. The Kier molecular flexibility index (Phi) is 4.00. The van der Waals surface area contributed by atoms with Crippen molar-refractivity contribution in [3.63, 3.8) is 0 Å². The van der Waals surface area contributed by atoms with Crippen LogP contribution in [0.3, 0.4) is 0 Å². The molecule has 4 N–H and O–H groups in total. The summed E-state index contributed by atoms with van der Waals surface area (Å²) >= 11 is 5.94. The Morgan fingerprint density at radius 2 is 2.00 bits per heavy atom. The van der Waals surface area contributed by atoms with Gasteiger partial charge in [-0.25, -0.2) is 4.79 Å². The van der Waals surface area contributed by atoms with Crippen LogP contribution >= 0.6 is 11.6 Å². The van der Waals surface area contributed by atoms with E-state index < -0.39 is 5.97 Å². The molecule has 0 unspecified atom stereocenters. The number of anilines is 3. The predicted octanol–water partition coefficient (Wildman–Crippen LogP) is 3.37. The number of ether oxygens (including phenoxy) is 1. The van der Waals surface area contributed by atoms with E-state index in [1.807, 2.05) is 0 Å². The molecule has 0 aliphatic carbocycles. The second kappa shape index (κ2) is 5.71. The largest absolute Gasteiger partial charge is 0.495 e. The molecule has 0 heterocycles. The van der Waals surface area contributed by atoms with Gasteiger partial charge in [0.05, 0.1) is 29.7 Å². The minimum absolute atomic E-state index is 0.141. The maximum atomic E-state index is 11.0. The summed E-state index contributed by atoms with van der Waals surface area (Å²) in [5.74, 6) is -0.444. The summed E-state index contributed by atoms with van der Waals surface area (Å²) in [4.78, 5) is 11.0. The van der Waals surface area contributed by atoms with Gasteiger partial charge in [-0.2, -0.15) is 0 Å². The molecule has 6 heteroatoms. The number of nitrogens with two attached hydrogens (primary N) is 1. The lowest BCUT2D eigenvalue weighted by Gasteiger charge is -2.13. The summed E-state index contributed by atoms with van der Waals surface area (Å²) in [7, 11) is 1.53. The van der Waals surface area contributed by atoms with Crippen LogP contribution in [0, 0.1) is 0 Å². The number of methoxy groups -OCH3 is 1. The molecule has 0 saturated heterocycles. The van der Waals surface area contributed by atoms with Crippen molar-refractivity contribution in [2.45, 2.75) is 0 Å². The lowest BCUT2D eigenvalue weighted by molar-refractivity contribution is 0.0697. The maximum absolute atomic E-state index is 11.0. The Hall–Kier alpha value is -2.40. The van der Waals surface area contributed by atoms with E-state index in [1.54, 1.807) is 18.2 Å². The summed E-state index contributed by atoms with van der Waals surface area (Å²) < 4.78 is 5.21. The van der Waals surface area contributed by atoms with Crippen molar-refractivity contribution in [1.29, 1.82) is 0 Å². The summed E-state index contributed by atoms with van der Waals surface area (Å²) in [5.41, 5.74) is 7.49. The van der Waals surface area contributed by atoms with E-state index in [0.717, 1.165) is 0 Å². The van der Waals surface area contributed by atoms with E-state index >= 15 is 0 Å². The van der Waals surface area contributed by atoms with Crippen molar-refractivity contribution in [3.8, 4) is 5.75 Å². The molecule has 2 aromatic carbocycles. The normalized spacial score (nSPS) is 10.1. The zero-order valence-corrected chi connectivity index (χ0v) is 11.4. The van der Waals surface area contributed by atoms with E-state index in [4.69, 9.17) is 27.2 Å². The Bertz CT molecular complexity index is 659. The third-order valence-electron chi connectivity index (χ3n) is 2.73. The first-order valence-corrected chi connectivity index (χ1v) is 6.12. The zero-order valence-electron chi connectivity index (χ0n) is 10.7. The average molecular weight is 293 g/mol. The fraction of sp³-hybridized carbons (Fsp3) is 0.0714. The number of hydrogen-bond donors (Lipinski definition) is 3. The van der Waals surface area contributed by atoms with Crippen LogP contribution < -0.4 is 15.8 Å². The Labute approximate surface area is 120 Å². The molecule has 0 aromatic heterocycles. The van der Waals surface area contributed by atoms with Gasteiger partial charge in [0.15, 0.2) is 0 Å². The highest BCUT2D eigenvalue weighted by Crippen LogP contribution is 2.32. The number of nitrogens with one attached hydrogen (secondary N) is 1. The van der Waals surface area contributed by atoms with Gasteiger partial charge in [0.1, 0.15) is 5.75 Å². The molecule has 2 rings (SSSR count). The van der Waals surface area contributed by atoms with Gasteiger partial charge in [-0.3, -0.25) is 0 Å². The molecule has 0 bridgehead atoms. The van der Waals surface area contributed by atoms with Gasteiger partial charge >= 0.3 is 5.97 Å². The molecule has 5 nitrogen and oxygen atoms in total. The van der Waals surface area contributed by atoms with E-state index in [-0.39, 0.29) is 5.56 Å². The number of nitrogen functional groups attached to an aromatic ring is 1. The molecule has 0 aliphatic heterocycles. The van der Waals surface area contributed by atoms with E-state index in [2.05, 4.69) is 5.32 Å². The molecule has 104 valence electrons. The molecule has 0 atom stereocenters. The van der Waals surface area contributed by atoms with Gasteiger partial charge in [0.2, 0.25) is 0 Å². The number of carbonyl (C=O) groups is 1. The van der Waals surface area contributed by atoms with Crippen LogP contribution in [0.5, 0.6) is 5.75 Å². The van der Waals surface area contributed by atoms with Gasteiger partial charge in [0.25, 0.3) is 0 Å². The third-order valence-corrected chi connectivity index (χ3v) is 2.97. The molecule has 0 spiro atoms. The Morgan fingerprint density at radius 1 is 1.25 bits per heavy atom. The Balaban J connectivity index is 2.41. The second-order valence-corrected chi connectivity index (χ2v) is 4.51. The quantitative estimate of drug-likeness (QED) is 0.752. The number of carboxylic acids is 1. The molecule has 20 heavy (non-hydrogen) atoms. The fourth-order valence-electron chi connectivity index (χ4n) is 1.72. The molecule has 0 saturated carbocycles. The van der Waals surface area contributed by atoms with Crippen molar-refractivity contribution in [2.75, 3.05) is 18.2 Å². The first-order valence-electron chi connectivity index (χ1n) is 5.74. The van der Waals surface area contributed by atoms with Crippen LogP contribution in [-0.2, 0) is 0 Å². The maximum Gasteiger partial charge on any atom is 0.335 e. The zero-order chi connectivity index (χ0) is 14.7. The van der Waals surface area contributed by atoms with Gasteiger partial charge in [-0.05, 0) is 36.4 Å². The highest BCUT2D eigenvalue weighted by molar-refractivity contribution is 6.31. The SMILES string of the molecule is COc1ccc(Cl)cc1Nc1cc(C(=O)O)ccc1N. The lowest BCUT2D eigenvalue weighted by atomic mass is 10.1. The van der Waals surface area contributed by atoms with Gasteiger partial charge in [0, 0.05) is 5.02 Å². The highest BCUT2D eigenvalue weighted by Gasteiger charge is 2.09. The summed E-state index contributed by atoms with van der Waals surface area (Å²) in [6.45, 7) is 0. The van der Waals surface area contributed by atoms with Gasteiger partial charge in [-0.15, -0.1) is 0 Å². The summed E-state index contributed by atoms with van der Waals surface area (Å²) in [6, 6.07) is 9.51. The van der Waals surface area contributed by atoms with Crippen LogP contribution in [0.25, 0.3) is 0 Å². The van der Waals surface area contributed by atoms with Crippen LogP contribution in [0.4, 0.5) is 17.1 Å². The van der Waals surface area contributed by atoms with Gasteiger partial charge in [-0.1, -0.05) is 11.6 Å². The van der Waals surface area contributed by atoms with E-state index in [1.165, 1.54) is 25.3 Å². The molecule has 0 aliphatic rings. The van der Waals surface area contributed by atoms with E-state index in [0.29, 0.717) is 27.8 Å². The van der Waals surface area contributed by atoms with Gasteiger partial charge < -0.3 is 20.9 Å². The van der Waals surface area contributed by atoms with Crippen LogP contribution in [0.15, 0.2) is 36.4 Å². The number of benzene rings is 2. The topological polar surface area (TPSA) is 84.6 Å². The predicted molar refractivity (Wildman–Crippen MR) is 79.1 cm³/mol. The minimum Gasteiger partial charge on any atom is -0.495 e. The van der Waals surface area contributed by atoms with Crippen molar-refractivity contribution in [2.24, 2.45) is 0 Å². The van der Waals surface area contributed by atoms with Crippen molar-refractivity contribution in [1.82, 2.24) is 0 Å². The molecule has 0 amide bonds. The fourth-order valence-corrected chi connectivity index (χ4v) is 1.89. The highest BCUT2D eigenvalue weighted by atomic mass is 35.5. The Morgan fingerprint density at radius 3 is 2.65 bits per heavy atom. The van der Waals surface area contributed by atoms with Crippen molar-refractivity contribution in [3.05, 3.63) is 47.0 Å². The van der Waals surface area contributed by atoms with Crippen LogP contribution in [0.1, 0.15) is 10.4 Å². The number of aromatic carboxylic acids is 1. The van der Waals surface area contributed by atoms with Crippen molar-refractivity contribution >= 4 is 34.6 Å². The first-order chi connectivity index (χ1) is 9.51.